The number of para-hydroxylation sites is 1. The molecule has 0 radical (unpaired) electrons. The van der Waals surface area contributed by atoms with Crippen LogP contribution in [0.25, 0.3) is 22.0 Å². The second-order valence-corrected chi connectivity index (χ2v) is 6.56. The van der Waals surface area contributed by atoms with Gasteiger partial charge in [0.15, 0.2) is 5.78 Å². The molecule has 4 rings (SSSR count). The number of alkyl halides is 3. The first kappa shape index (κ1) is 18.7. The Morgan fingerprint density at radius 3 is 2.24 bits per heavy atom. The lowest BCUT2D eigenvalue weighted by atomic mass is 9.99. The number of benzene rings is 3. The number of fused-ring (bicyclic) bond motifs is 1. The van der Waals surface area contributed by atoms with Crippen molar-refractivity contribution in [2.45, 2.75) is 6.18 Å². The summed E-state index contributed by atoms with van der Waals surface area (Å²) in [7, 11) is 0. The lowest BCUT2D eigenvalue weighted by Gasteiger charge is -2.10. The number of carbonyl (C=O) groups is 1. The number of aromatic hydroxyl groups is 1. The normalized spacial score (nSPS) is 11.6. The second kappa shape index (κ2) is 7.05. The molecule has 0 aliphatic carbocycles. The summed E-state index contributed by atoms with van der Waals surface area (Å²) in [5, 5.41) is 9.84. The Hall–Kier alpha value is -3.67. The minimum absolute atomic E-state index is 0.142. The molecule has 144 valence electrons. The summed E-state index contributed by atoms with van der Waals surface area (Å²) >= 11 is 0. The number of hydrogen-bond acceptors (Lipinski definition) is 3. The zero-order chi connectivity index (χ0) is 20.6. The second-order valence-electron chi connectivity index (χ2n) is 6.56. The third-order valence-electron chi connectivity index (χ3n) is 4.61. The summed E-state index contributed by atoms with van der Waals surface area (Å²) in [6.07, 6.45) is -3.34. The maximum atomic E-state index is 13.1. The average Bonchev–Trinajstić information content (AvgIpc) is 2.72. The van der Waals surface area contributed by atoms with E-state index in [4.69, 9.17) is 0 Å². The summed E-state index contributed by atoms with van der Waals surface area (Å²) in [5.74, 6) is -0.192. The predicted molar refractivity (Wildman–Crippen MR) is 104 cm³/mol. The standard InChI is InChI=1S/C23H14F3NO2/c24-23(25,26)20-6-2-4-17-11-18(13-27-21(17)20)22(29)15-9-7-14(8-10-15)16-3-1-5-19(28)12-16/h1-13,28H. The largest absolute Gasteiger partial charge is 0.508 e. The molecule has 0 fully saturated rings. The van der Waals surface area contributed by atoms with Gasteiger partial charge in [0.1, 0.15) is 5.75 Å². The quantitative estimate of drug-likeness (QED) is 0.444. The van der Waals surface area contributed by atoms with Gasteiger partial charge >= 0.3 is 6.18 Å². The van der Waals surface area contributed by atoms with E-state index < -0.39 is 11.7 Å². The van der Waals surface area contributed by atoms with Crippen LogP contribution in [0.1, 0.15) is 21.5 Å². The van der Waals surface area contributed by atoms with E-state index in [2.05, 4.69) is 4.98 Å². The Labute approximate surface area is 164 Å². The van der Waals surface area contributed by atoms with Crippen molar-refractivity contribution in [1.82, 2.24) is 4.98 Å². The van der Waals surface area contributed by atoms with Gasteiger partial charge in [-0.05, 0) is 35.4 Å². The van der Waals surface area contributed by atoms with Crippen LogP contribution < -0.4 is 0 Å². The number of nitrogens with zero attached hydrogens (tertiary/aromatic N) is 1. The van der Waals surface area contributed by atoms with E-state index in [1.807, 2.05) is 6.07 Å². The maximum absolute atomic E-state index is 13.1. The first-order chi connectivity index (χ1) is 13.8. The first-order valence-electron chi connectivity index (χ1n) is 8.73. The smallest absolute Gasteiger partial charge is 0.418 e. The Bertz CT molecular complexity index is 1210. The fraction of sp³-hybridized carbons (Fsp3) is 0.0435. The van der Waals surface area contributed by atoms with Gasteiger partial charge in [0.05, 0.1) is 11.1 Å². The fourth-order valence-electron chi connectivity index (χ4n) is 3.18. The summed E-state index contributed by atoms with van der Waals surface area (Å²) in [5.41, 5.74) is 1.21. The van der Waals surface area contributed by atoms with Crippen LogP contribution in [0.2, 0.25) is 0 Å². The van der Waals surface area contributed by atoms with Crippen molar-refractivity contribution < 1.29 is 23.1 Å². The lowest BCUT2D eigenvalue weighted by molar-refractivity contribution is -0.136. The van der Waals surface area contributed by atoms with Crippen molar-refractivity contribution in [3.8, 4) is 16.9 Å². The monoisotopic (exact) mass is 393 g/mol. The average molecular weight is 393 g/mol. The van der Waals surface area contributed by atoms with Crippen LogP contribution in [-0.2, 0) is 6.18 Å². The van der Waals surface area contributed by atoms with E-state index in [1.54, 1.807) is 42.5 Å². The molecule has 0 bridgehead atoms. The molecule has 29 heavy (non-hydrogen) atoms. The minimum Gasteiger partial charge on any atom is -0.508 e. The predicted octanol–water partition coefficient (Wildman–Crippen LogP) is 5.86. The van der Waals surface area contributed by atoms with Crippen molar-refractivity contribution in [2.75, 3.05) is 0 Å². The van der Waals surface area contributed by atoms with Crippen molar-refractivity contribution >= 4 is 16.7 Å². The summed E-state index contributed by atoms with van der Waals surface area (Å²) in [6, 6.07) is 18.7. The third kappa shape index (κ3) is 3.69. The molecule has 1 N–H and O–H groups in total. The van der Waals surface area contributed by atoms with Crippen LogP contribution in [0.4, 0.5) is 13.2 Å². The Kier molecular flexibility index (Phi) is 4.54. The molecule has 0 aliphatic heterocycles. The van der Waals surface area contributed by atoms with Gasteiger partial charge < -0.3 is 5.11 Å². The number of aromatic nitrogens is 1. The maximum Gasteiger partial charge on any atom is 0.418 e. The molecule has 0 saturated heterocycles. The van der Waals surface area contributed by atoms with Crippen LogP contribution in [0.5, 0.6) is 5.75 Å². The minimum atomic E-state index is -4.51. The fourth-order valence-corrected chi connectivity index (χ4v) is 3.18. The SMILES string of the molecule is O=C(c1ccc(-c2cccc(O)c2)cc1)c1cnc2c(C(F)(F)F)cccc2c1. The van der Waals surface area contributed by atoms with E-state index in [0.717, 1.165) is 17.2 Å². The van der Waals surface area contributed by atoms with Crippen LogP contribution in [0.15, 0.2) is 79.0 Å². The number of phenols is 1. The highest BCUT2D eigenvalue weighted by molar-refractivity contribution is 6.10. The summed E-state index contributed by atoms with van der Waals surface area (Å²) < 4.78 is 39.4. The number of halogens is 3. The number of pyridine rings is 1. The highest BCUT2D eigenvalue weighted by Gasteiger charge is 2.33. The van der Waals surface area contributed by atoms with Gasteiger partial charge in [0.2, 0.25) is 0 Å². The van der Waals surface area contributed by atoms with Crippen LogP contribution in [-0.4, -0.2) is 15.9 Å². The Balaban J connectivity index is 1.67. The molecular formula is C23H14F3NO2. The number of ketones is 1. The van der Waals surface area contributed by atoms with Gasteiger partial charge in [-0.3, -0.25) is 9.78 Å². The molecule has 1 heterocycles. The molecule has 3 nitrogen and oxygen atoms in total. The van der Waals surface area contributed by atoms with Crippen molar-refractivity contribution in [1.29, 1.82) is 0 Å². The molecule has 0 spiro atoms. The van der Waals surface area contributed by atoms with Gasteiger partial charge in [0, 0.05) is 22.7 Å². The van der Waals surface area contributed by atoms with Crippen molar-refractivity contribution in [3.63, 3.8) is 0 Å². The van der Waals surface area contributed by atoms with E-state index in [1.165, 1.54) is 24.4 Å². The molecule has 0 unspecified atom stereocenters. The number of carbonyl (C=O) groups excluding carboxylic acids is 1. The molecule has 0 atom stereocenters. The molecule has 0 aliphatic rings. The topological polar surface area (TPSA) is 50.2 Å². The van der Waals surface area contributed by atoms with Gasteiger partial charge in [-0.2, -0.15) is 13.2 Å². The number of rotatable bonds is 3. The molecule has 0 amide bonds. The van der Waals surface area contributed by atoms with Gasteiger partial charge in [-0.25, -0.2) is 0 Å². The number of hydrogen-bond donors (Lipinski definition) is 1. The highest BCUT2D eigenvalue weighted by Crippen LogP contribution is 2.34. The zero-order valence-corrected chi connectivity index (χ0v) is 14.9. The van der Waals surface area contributed by atoms with Crippen LogP contribution in [0.3, 0.4) is 0 Å². The van der Waals surface area contributed by atoms with Gasteiger partial charge in [-0.1, -0.05) is 48.5 Å². The Morgan fingerprint density at radius 2 is 1.55 bits per heavy atom. The molecule has 4 aromatic rings. The first-order valence-corrected chi connectivity index (χ1v) is 8.73. The summed E-state index contributed by atoms with van der Waals surface area (Å²) in [4.78, 5) is 16.7. The van der Waals surface area contributed by atoms with Crippen LogP contribution >= 0.6 is 0 Å². The molecular weight excluding hydrogens is 379 g/mol. The van der Waals surface area contributed by atoms with E-state index in [9.17, 15) is 23.1 Å². The summed E-state index contributed by atoms with van der Waals surface area (Å²) in [6.45, 7) is 0. The lowest BCUT2D eigenvalue weighted by Crippen LogP contribution is -2.07. The van der Waals surface area contributed by atoms with Gasteiger partial charge in [-0.15, -0.1) is 0 Å². The van der Waals surface area contributed by atoms with Crippen molar-refractivity contribution in [2.24, 2.45) is 0 Å². The zero-order valence-electron chi connectivity index (χ0n) is 14.9. The van der Waals surface area contributed by atoms with Crippen molar-refractivity contribution in [3.05, 3.63) is 95.7 Å². The third-order valence-corrected chi connectivity index (χ3v) is 4.61. The molecule has 0 saturated carbocycles. The van der Waals surface area contributed by atoms with E-state index >= 15 is 0 Å². The molecule has 1 aromatic heterocycles. The number of phenolic OH excluding ortho intramolecular Hbond substituents is 1. The molecule has 3 aromatic carbocycles. The highest BCUT2D eigenvalue weighted by atomic mass is 19.4. The Morgan fingerprint density at radius 1 is 0.828 bits per heavy atom. The van der Waals surface area contributed by atoms with E-state index in [0.29, 0.717) is 5.56 Å². The molecule has 6 heteroatoms. The van der Waals surface area contributed by atoms with Gasteiger partial charge in [0.25, 0.3) is 0 Å². The van der Waals surface area contributed by atoms with Crippen LogP contribution in [0, 0.1) is 0 Å². The van der Waals surface area contributed by atoms with E-state index in [-0.39, 0.29) is 28.0 Å².